The quantitative estimate of drug-likeness (QED) is 0.858. The standard InChI is InChI=1S/C13H20N4O2S/c1-12(2)8-4-5-13(3,6-8)10(12)17-11(14-15-16-17)20-7-9(18)19/h8,10H,4-7H2,1-3H3,(H,18,19). The van der Waals surface area contributed by atoms with Crippen LogP contribution in [0.15, 0.2) is 5.16 Å². The first kappa shape index (κ1) is 13.9. The predicted octanol–water partition coefficient (Wildman–Crippen LogP) is 2.24. The molecule has 0 saturated heterocycles. The molecule has 1 N–H and O–H groups in total. The van der Waals surface area contributed by atoms with E-state index in [1.54, 1.807) is 0 Å². The zero-order valence-electron chi connectivity index (χ0n) is 12.0. The number of hydrogen-bond donors (Lipinski definition) is 1. The van der Waals surface area contributed by atoms with E-state index in [1.807, 2.05) is 4.68 Å². The van der Waals surface area contributed by atoms with Gasteiger partial charge in [-0.25, -0.2) is 4.68 Å². The van der Waals surface area contributed by atoms with Crippen LogP contribution in [-0.2, 0) is 4.79 Å². The second-order valence-corrected chi connectivity index (χ2v) is 7.85. The molecule has 6 nitrogen and oxygen atoms in total. The smallest absolute Gasteiger partial charge is 0.313 e. The van der Waals surface area contributed by atoms with Gasteiger partial charge < -0.3 is 5.11 Å². The van der Waals surface area contributed by atoms with Crippen LogP contribution < -0.4 is 0 Å². The third kappa shape index (κ3) is 1.94. The van der Waals surface area contributed by atoms with E-state index in [9.17, 15) is 4.79 Å². The molecule has 1 aromatic heterocycles. The summed E-state index contributed by atoms with van der Waals surface area (Å²) in [4.78, 5) is 10.7. The number of carbonyl (C=O) groups is 1. The lowest BCUT2D eigenvalue weighted by Crippen LogP contribution is -2.38. The van der Waals surface area contributed by atoms with Gasteiger partial charge in [0.1, 0.15) is 0 Å². The molecule has 3 unspecified atom stereocenters. The Labute approximate surface area is 122 Å². The highest BCUT2D eigenvalue weighted by Gasteiger charge is 2.61. The molecule has 3 atom stereocenters. The molecule has 2 saturated carbocycles. The van der Waals surface area contributed by atoms with Gasteiger partial charge in [-0.1, -0.05) is 32.5 Å². The first-order chi connectivity index (χ1) is 9.34. The SMILES string of the molecule is CC12CCC(C1)C(C)(C)C2n1nnnc1SCC(=O)O. The summed E-state index contributed by atoms with van der Waals surface area (Å²) >= 11 is 1.20. The summed E-state index contributed by atoms with van der Waals surface area (Å²) in [5, 5.41) is 21.4. The number of aromatic nitrogens is 4. The minimum atomic E-state index is -0.844. The fourth-order valence-corrected chi connectivity index (χ4v) is 5.08. The van der Waals surface area contributed by atoms with E-state index >= 15 is 0 Å². The number of fused-ring (bicyclic) bond motifs is 2. The number of aliphatic carboxylic acids is 1. The second-order valence-electron chi connectivity index (χ2n) is 6.91. The van der Waals surface area contributed by atoms with Crippen LogP contribution in [0.1, 0.15) is 46.1 Å². The molecular weight excluding hydrogens is 276 g/mol. The average molecular weight is 296 g/mol. The molecule has 20 heavy (non-hydrogen) atoms. The molecule has 0 aliphatic heterocycles. The molecule has 2 aliphatic carbocycles. The van der Waals surface area contributed by atoms with E-state index in [4.69, 9.17) is 5.11 Å². The minimum absolute atomic E-state index is 0.00628. The maximum atomic E-state index is 10.7. The molecule has 1 aromatic rings. The van der Waals surface area contributed by atoms with E-state index < -0.39 is 5.97 Å². The average Bonchev–Trinajstić information content (AvgIpc) is 2.97. The number of hydrogen-bond acceptors (Lipinski definition) is 5. The molecular formula is C13H20N4O2S. The fraction of sp³-hybridized carbons (Fsp3) is 0.846. The molecule has 110 valence electrons. The van der Waals surface area contributed by atoms with E-state index in [1.165, 1.54) is 31.0 Å². The van der Waals surface area contributed by atoms with Gasteiger partial charge in [0.2, 0.25) is 5.16 Å². The third-order valence-corrected chi connectivity index (χ3v) is 6.14. The van der Waals surface area contributed by atoms with Gasteiger partial charge in [0.25, 0.3) is 0 Å². The lowest BCUT2D eigenvalue weighted by atomic mass is 9.68. The molecule has 2 fully saturated rings. The topological polar surface area (TPSA) is 80.9 Å². The van der Waals surface area contributed by atoms with Crippen molar-refractivity contribution in [2.24, 2.45) is 16.7 Å². The molecule has 2 bridgehead atoms. The van der Waals surface area contributed by atoms with Crippen LogP contribution in [0.2, 0.25) is 0 Å². The van der Waals surface area contributed by atoms with Crippen molar-refractivity contribution in [3.8, 4) is 0 Å². The van der Waals surface area contributed by atoms with Crippen molar-refractivity contribution in [3.63, 3.8) is 0 Å². The zero-order valence-corrected chi connectivity index (χ0v) is 12.9. The van der Waals surface area contributed by atoms with E-state index in [0.29, 0.717) is 11.1 Å². The molecule has 7 heteroatoms. The van der Waals surface area contributed by atoms with E-state index in [2.05, 4.69) is 36.3 Å². The number of carboxylic acids is 1. The Kier molecular flexibility index (Phi) is 3.08. The van der Waals surface area contributed by atoms with Gasteiger partial charge in [0, 0.05) is 0 Å². The molecule has 0 amide bonds. The summed E-state index contributed by atoms with van der Waals surface area (Å²) in [6.45, 7) is 6.90. The number of thioether (sulfide) groups is 1. The lowest BCUT2D eigenvalue weighted by molar-refractivity contribution is -0.133. The summed E-state index contributed by atoms with van der Waals surface area (Å²) in [6.07, 6.45) is 3.70. The van der Waals surface area contributed by atoms with Crippen LogP contribution in [0.4, 0.5) is 0 Å². The van der Waals surface area contributed by atoms with Crippen molar-refractivity contribution in [2.75, 3.05) is 5.75 Å². The van der Waals surface area contributed by atoms with Gasteiger partial charge >= 0.3 is 5.97 Å². The van der Waals surface area contributed by atoms with Gasteiger partial charge in [0.15, 0.2) is 0 Å². The van der Waals surface area contributed by atoms with Crippen LogP contribution in [0, 0.1) is 16.7 Å². The highest BCUT2D eigenvalue weighted by atomic mass is 32.2. The number of rotatable bonds is 4. The predicted molar refractivity (Wildman–Crippen MR) is 74.4 cm³/mol. The normalized spacial score (nSPS) is 34.5. The number of tetrazole rings is 1. The van der Waals surface area contributed by atoms with Crippen molar-refractivity contribution in [3.05, 3.63) is 0 Å². The maximum absolute atomic E-state index is 10.7. The van der Waals surface area contributed by atoms with Gasteiger partial charge in [-0.15, -0.1) is 5.10 Å². The van der Waals surface area contributed by atoms with E-state index in [-0.39, 0.29) is 22.6 Å². The first-order valence-corrected chi connectivity index (χ1v) is 7.95. The van der Waals surface area contributed by atoms with Crippen molar-refractivity contribution in [1.29, 1.82) is 0 Å². The van der Waals surface area contributed by atoms with Crippen LogP contribution >= 0.6 is 11.8 Å². The van der Waals surface area contributed by atoms with Crippen molar-refractivity contribution in [2.45, 2.75) is 51.2 Å². The Bertz CT molecular complexity index is 539. The van der Waals surface area contributed by atoms with Crippen molar-refractivity contribution in [1.82, 2.24) is 20.2 Å². The number of carboxylic acid groups (broad SMARTS) is 1. The Hall–Kier alpha value is -1.11. The Morgan fingerprint density at radius 3 is 2.85 bits per heavy atom. The molecule has 0 radical (unpaired) electrons. The van der Waals surface area contributed by atoms with Gasteiger partial charge in [0.05, 0.1) is 11.8 Å². The van der Waals surface area contributed by atoms with Gasteiger partial charge in [-0.05, 0) is 46.4 Å². The van der Waals surface area contributed by atoms with Crippen LogP contribution in [0.3, 0.4) is 0 Å². The van der Waals surface area contributed by atoms with Crippen molar-refractivity contribution >= 4 is 17.7 Å². The third-order valence-electron chi connectivity index (χ3n) is 5.23. The lowest BCUT2D eigenvalue weighted by Gasteiger charge is -2.42. The Balaban J connectivity index is 1.93. The Morgan fingerprint density at radius 2 is 2.25 bits per heavy atom. The molecule has 0 aromatic carbocycles. The minimum Gasteiger partial charge on any atom is -0.481 e. The highest BCUT2D eigenvalue weighted by Crippen LogP contribution is 2.68. The van der Waals surface area contributed by atoms with Crippen LogP contribution in [0.25, 0.3) is 0 Å². The molecule has 3 rings (SSSR count). The summed E-state index contributed by atoms with van der Waals surface area (Å²) < 4.78 is 1.88. The largest absolute Gasteiger partial charge is 0.481 e. The monoisotopic (exact) mass is 296 g/mol. The summed E-state index contributed by atoms with van der Waals surface area (Å²) in [5.74, 6) is -0.143. The van der Waals surface area contributed by atoms with Gasteiger partial charge in [-0.2, -0.15) is 0 Å². The molecule has 0 spiro atoms. The van der Waals surface area contributed by atoms with Gasteiger partial charge in [-0.3, -0.25) is 4.79 Å². The van der Waals surface area contributed by atoms with Crippen LogP contribution in [0.5, 0.6) is 0 Å². The summed E-state index contributed by atoms with van der Waals surface area (Å²) in [7, 11) is 0. The second kappa shape index (κ2) is 4.44. The van der Waals surface area contributed by atoms with Crippen LogP contribution in [-0.4, -0.2) is 37.0 Å². The summed E-state index contributed by atoms with van der Waals surface area (Å²) in [6, 6.07) is 0.250. The summed E-state index contributed by atoms with van der Waals surface area (Å²) in [5.41, 5.74) is 0.378. The fourth-order valence-electron chi connectivity index (χ4n) is 4.45. The van der Waals surface area contributed by atoms with E-state index in [0.717, 1.165) is 0 Å². The first-order valence-electron chi connectivity index (χ1n) is 6.97. The zero-order chi connectivity index (χ0) is 14.5. The number of nitrogens with zero attached hydrogens (tertiary/aromatic N) is 4. The molecule has 2 aliphatic rings. The van der Waals surface area contributed by atoms with Crippen molar-refractivity contribution < 1.29 is 9.90 Å². The molecule has 1 heterocycles. The Morgan fingerprint density at radius 1 is 1.50 bits per heavy atom. The maximum Gasteiger partial charge on any atom is 0.313 e. The highest BCUT2D eigenvalue weighted by molar-refractivity contribution is 7.99.